The zero-order chi connectivity index (χ0) is 25.7. The molecule has 1 unspecified atom stereocenters. The summed E-state index contributed by atoms with van der Waals surface area (Å²) in [5, 5.41) is 1.14. The Balaban J connectivity index is 1.50. The van der Waals surface area contributed by atoms with Gasteiger partial charge in [-0.25, -0.2) is 0 Å². The number of amides is 1. The molecular formula is C30H33N3O3Se. The number of fused-ring (bicyclic) bond motifs is 6. The average Bonchev–Trinajstić information content (AvgIpc) is 3.46. The van der Waals surface area contributed by atoms with Crippen molar-refractivity contribution in [2.24, 2.45) is 13.0 Å². The molecule has 0 radical (unpaired) electrons. The summed E-state index contributed by atoms with van der Waals surface area (Å²) in [6, 6.07) is 19.1. The van der Waals surface area contributed by atoms with Gasteiger partial charge in [0.2, 0.25) is 0 Å². The SMILES string of the molecule is COC[C@@H]1CCCN1C(=O)C1=CN(C)[C@H]2c3c(n(C)c4ccccc34)C(=O)C[C@@H]1C2[Se]c1ccccc1. The van der Waals surface area contributed by atoms with Gasteiger partial charge in [-0.2, -0.15) is 0 Å². The van der Waals surface area contributed by atoms with E-state index in [0.29, 0.717) is 13.0 Å². The Labute approximate surface area is 224 Å². The Morgan fingerprint density at radius 1 is 1.08 bits per heavy atom. The van der Waals surface area contributed by atoms with Gasteiger partial charge in [-0.3, -0.25) is 0 Å². The predicted octanol–water partition coefficient (Wildman–Crippen LogP) is 3.71. The van der Waals surface area contributed by atoms with Crippen LogP contribution in [-0.2, 0) is 16.6 Å². The van der Waals surface area contributed by atoms with Gasteiger partial charge < -0.3 is 0 Å². The summed E-state index contributed by atoms with van der Waals surface area (Å²) in [5.41, 5.74) is 3.80. The van der Waals surface area contributed by atoms with Crippen LogP contribution in [0, 0.1) is 5.92 Å². The van der Waals surface area contributed by atoms with E-state index in [-0.39, 0.29) is 49.5 Å². The van der Waals surface area contributed by atoms with Crippen molar-refractivity contribution in [2.45, 2.75) is 36.2 Å². The van der Waals surface area contributed by atoms with Crippen LogP contribution in [-0.4, -0.2) is 74.4 Å². The molecule has 1 amide bonds. The number of aromatic nitrogens is 1. The van der Waals surface area contributed by atoms with Crippen LogP contribution >= 0.6 is 0 Å². The third-order valence-corrected chi connectivity index (χ3v) is 11.2. The number of aryl methyl sites for hydroxylation is 1. The molecule has 3 aliphatic rings. The maximum atomic E-state index is 14.1. The van der Waals surface area contributed by atoms with Crippen LogP contribution in [0.15, 0.2) is 66.4 Å². The summed E-state index contributed by atoms with van der Waals surface area (Å²) in [6.07, 6.45) is 4.37. The van der Waals surface area contributed by atoms with Crippen LogP contribution in [0.5, 0.6) is 0 Å². The molecule has 1 aromatic heterocycles. The van der Waals surface area contributed by atoms with Gasteiger partial charge >= 0.3 is 225 Å². The van der Waals surface area contributed by atoms with Crippen LogP contribution in [0.4, 0.5) is 0 Å². The molecule has 0 N–H and O–H groups in total. The van der Waals surface area contributed by atoms with Crippen molar-refractivity contribution >= 4 is 42.0 Å². The number of rotatable bonds is 5. The summed E-state index contributed by atoms with van der Waals surface area (Å²) >= 11 is 0.0699. The molecule has 3 aromatic rings. The number of ether oxygens (including phenoxy) is 1. The average molecular weight is 563 g/mol. The number of hydrogen-bond acceptors (Lipinski definition) is 4. The summed E-state index contributed by atoms with van der Waals surface area (Å²) in [7, 11) is 5.79. The van der Waals surface area contributed by atoms with E-state index in [1.165, 1.54) is 4.46 Å². The molecule has 1 saturated heterocycles. The van der Waals surface area contributed by atoms with Gasteiger partial charge in [0.25, 0.3) is 0 Å². The van der Waals surface area contributed by atoms with Gasteiger partial charge in [-0.15, -0.1) is 0 Å². The van der Waals surface area contributed by atoms with E-state index in [1.807, 2.05) is 24.1 Å². The number of para-hydroxylation sites is 1. The number of ketones is 1. The second kappa shape index (κ2) is 9.79. The van der Waals surface area contributed by atoms with E-state index < -0.39 is 0 Å². The van der Waals surface area contributed by atoms with Gasteiger partial charge in [-0.05, 0) is 0 Å². The maximum absolute atomic E-state index is 14.1. The zero-order valence-corrected chi connectivity index (χ0v) is 23.3. The van der Waals surface area contributed by atoms with Crippen LogP contribution in [0.25, 0.3) is 10.9 Å². The van der Waals surface area contributed by atoms with Gasteiger partial charge in [0.1, 0.15) is 0 Å². The van der Waals surface area contributed by atoms with E-state index >= 15 is 0 Å². The van der Waals surface area contributed by atoms with Crippen molar-refractivity contribution in [3.05, 3.63) is 77.6 Å². The van der Waals surface area contributed by atoms with Gasteiger partial charge in [0.05, 0.1) is 0 Å². The molecule has 0 saturated carbocycles. The topological polar surface area (TPSA) is 54.8 Å². The first-order valence-electron chi connectivity index (χ1n) is 13.1. The Morgan fingerprint density at radius 3 is 2.62 bits per heavy atom. The van der Waals surface area contributed by atoms with Crippen molar-refractivity contribution in [2.75, 3.05) is 27.3 Å². The van der Waals surface area contributed by atoms with Crippen LogP contribution in [0.3, 0.4) is 0 Å². The third-order valence-electron chi connectivity index (χ3n) is 8.26. The minimum absolute atomic E-state index is 0.0302. The first-order chi connectivity index (χ1) is 18.0. The predicted molar refractivity (Wildman–Crippen MR) is 146 cm³/mol. The van der Waals surface area contributed by atoms with E-state index in [2.05, 4.69) is 65.2 Å². The third kappa shape index (κ3) is 4.04. The summed E-state index contributed by atoms with van der Waals surface area (Å²) in [4.78, 5) is 32.5. The van der Waals surface area contributed by atoms with Crippen molar-refractivity contribution in [3.8, 4) is 0 Å². The van der Waals surface area contributed by atoms with Gasteiger partial charge in [-0.1, -0.05) is 0 Å². The Bertz CT molecular complexity index is 1380. The summed E-state index contributed by atoms with van der Waals surface area (Å²) < 4.78 is 8.81. The fraction of sp³-hybridized carbons (Fsp3) is 0.400. The number of hydrogen-bond donors (Lipinski definition) is 0. The number of carbonyl (C=O) groups is 2. The van der Waals surface area contributed by atoms with E-state index in [0.717, 1.165) is 47.1 Å². The van der Waals surface area contributed by atoms with Crippen LogP contribution in [0.2, 0.25) is 4.82 Å². The fourth-order valence-corrected chi connectivity index (χ4v) is 9.76. The number of likely N-dealkylation sites (tertiary alicyclic amines) is 1. The molecule has 2 aliphatic heterocycles. The van der Waals surface area contributed by atoms with Crippen LogP contribution < -0.4 is 4.46 Å². The molecule has 192 valence electrons. The molecule has 6 rings (SSSR count). The van der Waals surface area contributed by atoms with E-state index in [4.69, 9.17) is 4.74 Å². The quantitative estimate of drug-likeness (QED) is 0.445. The van der Waals surface area contributed by atoms with Crippen LogP contribution in [0.1, 0.15) is 41.4 Å². The molecule has 7 heteroatoms. The van der Waals surface area contributed by atoms with Crippen molar-refractivity contribution < 1.29 is 14.3 Å². The molecule has 1 aliphatic carbocycles. The van der Waals surface area contributed by atoms with Crippen molar-refractivity contribution in [1.82, 2.24) is 14.4 Å². The molecule has 2 bridgehead atoms. The number of Topliss-reactive ketones (excluding diaryl/α,β-unsaturated/α-hetero) is 1. The zero-order valence-electron chi connectivity index (χ0n) is 21.6. The summed E-state index contributed by atoms with van der Waals surface area (Å²) in [5.74, 6) is 0.0996. The van der Waals surface area contributed by atoms with E-state index in [1.54, 1.807) is 7.11 Å². The normalized spacial score (nSPS) is 25.3. The number of benzene rings is 2. The minimum atomic E-state index is -0.114. The second-order valence-corrected chi connectivity index (χ2v) is 13.0. The van der Waals surface area contributed by atoms with Gasteiger partial charge in [0, 0.05) is 0 Å². The standard InChI is InChI=1S/C30H33N3O3Se/c1-31-17-23(30(35)33-15-9-10-19(33)18-36-3)22-16-25(34)27-26(21-13-7-8-14-24(21)32(27)2)28(31)29(22)37-20-11-5-4-6-12-20/h4-8,11-14,17,19,22,28-29H,9-10,15-16,18H2,1-3H3/t19-,22-,28-,29?/m0/s1. The molecule has 4 atom stereocenters. The number of methoxy groups -OCH3 is 1. The molecule has 3 heterocycles. The monoisotopic (exact) mass is 563 g/mol. The van der Waals surface area contributed by atoms with Gasteiger partial charge in [0.15, 0.2) is 0 Å². The van der Waals surface area contributed by atoms with Crippen molar-refractivity contribution in [1.29, 1.82) is 0 Å². The molecule has 1 fully saturated rings. The molecule has 2 aromatic carbocycles. The Hall–Kier alpha value is -2.86. The fourth-order valence-electron chi connectivity index (χ4n) is 6.62. The summed E-state index contributed by atoms with van der Waals surface area (Å²) in [6.45, 7) is 1.30. The molecule has 0 spiro atoms. The second-order valence-electron chi connectivity index (χ2n) is 10.4. The van der Waals surface area contributed by atoms with E-state index in [9.17, 15) is 9.59 Å². The molecule has 37 heavy (non-hydrogen) atoms. The Kier molecular flexibility index (Phi) is 6.47. The van der Waals surface area contributed by atoms with Crippen molar-refractivity contribution in [3.63, 3.8) is 0 Å². The first kappa shape index (κ1) is 24.5. The molecular weight excluding hydrogens is 529 g/mol. The number of nitrogens with zero attached hydrogens (tertiary/aromatic N) is 3. The Morgan fingerprint density at radius 2 is 1.84 bits per heavy atom. The number of carbonyl (C=O) groups excluding carboxylic acids is 2. The first-order valence-corrected chi connectivity index (χ1v) is 14.9. The molecule has 6 nitrogen and oxygen atoms in total.